The van der Waals surface area contributed by atoms with Crippen LogP contribution in [-0.4, -0.2) is 54.4 Å². The van der Waals surface area contributed by atoms with Crippen LogP contribution >= 0.6 is 11.6 Å². The highest BCUT2D eigenvalue weighted by atomic mass is 35.5. The summed E-state index contributed by atoms with van der Waals surface area (Å²) in [5, 5.41) is 0. The summed E-state index contributed by atoms with van der Waals surface area (Å²) in [6.07, 6.45) is 5.23. The maximum absolute atomic E-state index is 5.77. The zero-order valence-corrected chi connectivity index (χ0v) is 11.7. The monoisotopic (exact) mass is 246 g/mol. The number of alkyl halides is 1. The zero-order valence-electron chi connectivity index (χ0n) is 10.9. The molecular formula is C13H27ClN2. The van der Waals surface area contributed by atoms with Crippen LogP contribution in [0.5, 0.6) is 0 Å². The molecule has 0 aliphatic carbocycles. The summed E-state index contributed by atoms with van der Waals surface area (Å²) in [5.41, 5.74) is 0. The molecular weight excluding hydrogens is 220 g/mol. The Morgan fingerprint density at radius 1 is 1.31 bits per heavy atom. The number of nitrogens with zero attached hydrogens (tertiary/aromatic N) is 2. The molecule has 1 aliphatic heterocycles. The summed E-state index contributed by atoms with van der Waals surface area (Å²) in [6.45, 7) is 10.6. The van der Waals surface area contributed by atoms with E-state index in [-0.39, 0.29) is 0 Å². The van der Waals surface area contributed by atoms with Crippen LogP contribution in [0.25, 0.3) is 0 Å². The van der Waals surface area contributed by atoms with Crippen molar-refractivity contribution < 1.29 is 0 Å². The van der Waals surface area contributed by atoms with Crippen LogP contribution in [0.2, 0.25) is 0 Å². The Morgan fingerprint density at radius 2 is 2.06 bits per heavy atom. The molecule has 0 amide bonds. The Bertz CT molecular complexity index is 171. The average molecular weight is 247 g/mol. The summed E-state index contributed by atoms with van der Waals surface area (Å²) in [7, 11) is 0. The highest BCUT2D eigenvalue weighted by Gasteiger charge is 2.23. The van der Waals surface area contributed by atoms with Crippen LogP contribution in [0, 0.1) is 0 Å². The molecule has 1 heterocycles. The molecule has 2 nitrogen and oxygen atoms in total. The van der Waals surface area contributed by atoms with E-state index in [1.807, 2.05) is 0 Å². The van der Waals surface area contributed by atoms with Gasteiger partial charge in [0, 0.05) is 25.0 Å². The summed E-state index contributed by atoms with van der Waals surface area (Å²) in [6, 6.07) is 0.814. The van der Waals surface area contributed by atoms with Crippen LogP contribution in [0.15, 0.2) is 0 Å². The van der Waals surface area contributed by atoms with Crippen molar-refractivity contribution >= 4 is 11.6 Å². The average Bonchev–Trinajstić information content (AvgIpc) is 2.75. The molecule has 0 aromatic heterocycles. The zero-order chi connectivity index (χ0) is 11.8. The lowest BCUT2D eigenvalue weighted by Gasteiger charge is -2.27. The van der Waals surface area contributed by atoms with Gasteiger partial charge in [-0.15, -0.1) is 11.6 Å². The summed E-state index contributed by atoms with van der Waals surface area (Å²) >= 11 is 5.77. The van der Waals surface area contributed by atoms with E-state index in [1.54, 1.807) is 0 Å². The van der Waals surface area contributed by atoms with Gasteiger partial charge in [-0.05, 0) is 45.3 Å². The van der Waals surface area contributed by atoms with Crippen LogP contribution in [0.4, 0.5) is 0 Å². The molecule has 0 radical (unpaired) electrons. The summed E-state index contributed by atoms with van der Waals surface area (Å²) in [5.74, 6) is 0.820. The molecule has 1 fully saturated rings. The van der Waals surface area contributed by atoms with Crippen molar-refractivity contribution in [1.29, 1.82) is 0 Å². The van der Waals surface area contributed by atoms with Crippen LogP contribution in [0.1, 0.15) is 39.5 Å². The van der Waals surface area contributed by atoms with Gasteiger partial charge in [-0.2, -0.15) is 0 Å². The SMILES string of the molecule is CCN(CC)CCN1CCCC1CCCCl. The number of halogens is 1. The van der Waals surface area contributed by atoms with Gasteiger partial charge in [-0.3, -0.25) is 4.90 Å². The maximum atomic E-state index is 5.77. The van der Waals surface area contributed by atoms with Crippen molar-refractivity contribution in [2.45, 2.75) is 45.6 Å². The van der Waals surface area contributed by atoms with Crippen molar-refractivity contribution in [3.05, 3.63) is 0 Å². The Labute approximate surface area is 106 Å². The number of hydrogen-bond acceptors (Lipinski definition) is 2. The number of likely N-dealkylation sites (N-methyl/N-ethyl adjacent to an activating group) is 1. The Hall–Kier alpha value is 0.210. The van der Waals surface area contributed by atoms with E-state index in [2.05, 4.69) is 23.6 Å². The van der Waals surface area contributed by atoms with Crippen molar-refractivity contribution in [3.63, 3.8) is 0 Å². The second kappa shape index (κ2) is 8.32. The third-order valence-electron chi connectivity index (χ3n) is 3.77. The molecule has 1 saturated heterocycles. The van der Waals surface area contributed by atoms with Gasteiger partial charge >= 0.3 is 0 Å². The van der Waals surface area contributed by atoms with E-state index in [9.17, 15) is 0 Å². The number of rotatable bonds is 8. The van der Waals surface area contributed by atoms with E-state index < -0.39 is 0 Å². The van der Waals surface area contributed by atoms with Crippen molar-refractivity contribution in [2.24, 2.45) is 0 Å². The number of hydrogen-bond donors (Lipinski definition) is 0. The maximum Gasteiger partial charge on any atom is 0.0224 e. The fourth-order valence-corrected chi connectivity index (χ4v) is 2.79. The molecule has 96 valence electrons. The molecule has 0 saturated carbocycles. The van der Waals surface area contributed by atoms with Gasteiger partial charge in [-0.1, -0.05) is 13.8 Å². The van der Waals surface area contributed by atoms with Gasteiger partial charge in [0.15, 0.2) is 0 Å². The second-order valence-electron chi connectivity index (χ2n) is 4.69. The molecule has 1 rings (SSSR count). The van der Waals surface area contributed by atoms with E-state index in [0.717, 1.165) is 11.9 Å². The molecule has 3 heteroatoms. The number of likely N-dealkylation sites (tertiary alicyclic amines) is 1. The van der Waals surface area contributed by atoms with Crippen molar-refractivity contribution in [3.8, 4) is 0 Å². The smallest absolute Gasteiger partial charge is 0.0224 e. The molecule has 1 unspecified atom stereocenters. The second-order valence-corrected chi connectivity index (χ2v) is 5.07. The molecule has 1 atom stereocenters. The molecule has 0 aromatic carbocycles. The first-order chi connectivity index (χ1) is 7.81. The quantitative estimate of drug-likeness (QED) is 0.608. The van der Waals surface area contributed by atoms with Crippen LogP contribution < -0.4 is 0 Å². The van der Waals surface area contributed by atoms with Gasteiger partial charge in [-0.25, -0.2) is 0 Å². The molecule has 0 aromatic rings. The van der Waals surface area contributed by atoms with Crippen LogP contribution in [0.3, 0.4) is 0 Å². The predicted octanol–water partition coefficient (Wildman–Crippen LogP) is 2.81. The minimum absolute atomic E-state index is 0.814. The Kier molecular flexibility index (Phi) is 7.42. The lowest BCUT2D eigenvalue weighted by atomic mass is 10.1. The van der Waals surface area contributed by atoms with Gasteiger partial charge in [0.25, 0.3) is 0 Å². The first kappa shape index (κ1) is 14.3. The standard InChI is InChI=1S/C13H27ClN2/c1-3-15(4-2)11-12-16-10-6-8-13(16)7-5-9-14/h13H,3-12H2,1-2H3. The first-order valence-corrected chi connectivity index (χ1v) is 7.37. The van der Waals surface area contributed by atoms with Gasteiger partial charge in [0.2, 0.25) is 0 Å². The highest BCUT2D eigenvalue weighted by molar-refractivity contribution is 6.17. The minimum Gasteiger partial charge on any atom is -0.303 e. The molecule has 16 heavy (non-hydrogen) atoms. The summed E-state index contributed by atoms with van der Waals surface area (Å²) < 4.78 is 0. The molecule has 0 N–H and O–H groups in total. The fourth-order valence-electron chi connectivity index (χ4n) is 2.64. The van der Waals surface area contributed by atoms with Gasteiger partial charge < -0.3 is 4.90 Å². The van der Waals surface area contributed by atoms with E-state index in [4.69, 9.17) is 11.6 Å². The topological polar surface area (TPSA) is 6.48 Å². The highest BCUT2D eigenvalue weighted by Crippen LogP contribution is 2.21. The normalized spacial score (nSPS) is 22.1. The third-order valence-corrected chi connectivity index (χ3v) is 4.04. The van der Waals surface area contributed by atoms with E-state index >= 15 is 0 Å². The Balaban J connectivity index is 2.23. The minimum atomic E-state index is 0.814. The largest absolute Gasteiger partial charge is 0.303 e. The predicted molar refractivity (Wildman–Crippen MR) is 72.3 cm³/mol. The van der Waals surface area contributed by atoms with Gasteiger partial charge in [0.05, 0.1) is 0 Å². The van der Waals surface area contributed by atoms with E-state index in [1.165, 1.54) is 58.4 Å². The van der Waals surface area contributed by atoms with Crippen LogP contribution in [-0.2, 0) is 0 Å². The molecule has 0 bridgehead atoms. The van der Waals surface area contributed by atoms with Crippen molar-refractivity contribution in [1.82, 2.24) is 9.80 Å². The lowest BCUT2D eigenvalue weighted by molar-refractivity contribution is 0.196. The lowest BCUT2D eigenvalue weighted by Crippen LogP contribution is -2.37. The first-order valence-electron chi connectivity index (χ1n) is 6.84. The fraction of sp³-hybridized carbons (Fsp3) is 1.00. The Morgan fingerprint density at radius 3 is 2.69 bits per heavy atom. The van der Waals surface area contributed by atoms with E-state index in [0.29, 0.717) is 0 Å². The molecule has 1 aliphatic rings. The van der Waals surface area contributed by atoms with Gasteiger partial charge in [0.1, 0.15) is 0 Å². The van der Waals surface area contributed by atoms with Crippen molar-refractivity contribution in [2.75, 3.05) is 38.6 Å². The molecule has 0 spiro atoms. The third kappa shape index (κ3) is 4.60. The summed E-state index contributed by atoms with van der Waals surface area (Å²) in [4.78, 5) is 5.18.